The third-order valence-corrected chi connectivity index (χ3v) is 5.82. The molecule has 5 heteroatoms. The molecule has 4 aliphatic rings. The fourth-order valence-electron chi connectivity index (χ4n) is 5.38. The highest BCUT2D eigenvalue weighted by molar-refractivity contribution is 7.80. The van der Waals surface area contributed by atoms with Gasteiger partial charge in [0.05, 0.1) is 5.41 Å². The summed E-state index contributed by atoms with van der Waals surface area (Å²) in [7, 11) is 0. The van der Waals surface area contributed by atoms with E-state index in [1.807, 2.05) is 0 Å². The molecule has 4 fully saturated rings. The van der Waals surface area contributed by atoms with Crippen LogP contribution >= 0.6 is 12.2 Å². The SMILES string of the molecule is CCC12C[C@H]3C[C@@H](C1)CC(C(=O)NNC(N)=S)(C3)C2. The number of thiocarbonyl (C=S) groups is 1. The van der Waals surface area contributed by atoms with Crippen LogP contribution < -0.4 is 16.6 Å². The van der Waals surface area contributed by atoms with Crippen molar-refractivity contribution >= 4 is 23.2 Å². The molecular weight excluding hydrogens is 258 g/mol. The van der Waals surface area contributed by atoms with Gasteiger partial charge in [-0.25, -0.2) is 0 Å². The third-order valence-electron chi connectivity index (χ3n) is 5.71. The summed E-state index contributed by atoms with van der Waals surface area (Å²) in [5.74, 6) is 1.60. The molecule has 0 aromatic rings. The van der Waals surface area contributed by atoms with Crippen LogP contribution in [0.4, 0.5) is 0 Å². The topological polar surface area (TPSA) is 67.2 Å². The van der Waals surface area contributed by atoms with Crippen molar-refractivity contribution in [1.82, 2.24) is 10.9 Å². The number of carbonyl (C=O) groups is 1. The highest BCUT2D eigenvalue weighted by Crippen LogP contribution is 2.66. The molecule has 0 radical (unpaired) electrons. The Balaban J connectivity index is 1.80. The maximum Gasteiger partial charge on any atom is 0.244 e. The molecule has 106 valence electrons. The van der Waals surface area contributed by atoms with Crippen molar-refractivity contribution in [3.63, 3.8) is 0 Å². The minimum absolute atomic E-state index is 0.104. The third kappa shape index (κ3) is 2.12. The summed E-state index contributed by atoms with van der Waals surface area (Å²) in [5.41, 5.74) is 11.0. The number of hydrazine groups is 1. The van der Waals surface area contributed by atoms with Gasteiger partial charge in [-0.2, -0.15) is 0 Å². The first-order valence-electron chi connectivity index (χ1n) is 7.33. The summed E-state index contributed by atoms with van der Waals surface area (Å²) < 4.78 is 0. The first-order chi connectivity index (χ1) is 8.97. The molecule has 1 amide bonds. The van der Waals surface area contributed by atoms with Gasteiger partial charge in [0, 0.05) is 0 Å². The van der Waals surface area contributed by atoms with Crippen molar-refractivity contribution < 1.29 is 4.79 Å². The minimum Gasteiger partial charge on any atom is -0.375 e. The number of hydrogen-bond donors (Lipinski definition) is 3. The smallest absolute Gasteiger partial charge is 0.244 e. The Bertz CT molecular complexity index is 409. The molecule has 0 aromatic carbocycles. The van der Waals surface area contributed by atoms with Gasteiger partial charge in [0.15, 0.2) is 5.11 Å². The summed E-state index contributed by atoms with van der Waals surface area (Å²) in [6, 6.07) is 0. The van der Waals surface area contributed by atoms with E-state index in [0.29, 0.717) is 5.41 Å². The molecule has 4 nitrogen and oxygen atoms in total. The number of nitrogens with two attached hydrogens (primary N) is 1. The summed E-state index contributed by atoms with van der Waals surface area (Å²) in [4.78, 5) is 12.6. The molecule has 0 heterocycles. The lowest BCUT2D eigenvalue weighted by molar-refractivity contribution is -0.158. The van der Waals surface area contributed by atoms with E-state index in [0.717, 1.165) is 31.1 Å². The quantitative estimate of drug-likeness (QED) is 0.534. The second-order valence-corrected chi connectivity index (χ2v) is 7.48. The second kappa shape index (κ2) is 4.33. The average Bonchev–Trinajstić information content (AvgIpc) is 2.34. The second-order valence-electron chi connectivity index (χ2n) is 7.04. The summed E-state index contributed by atoms with van der Waals surface area (Å²) in [5, 5.41) is 0.128. The Morgan fingerprint density at radius 2 is 1.89 bits per heavy atom. The molecule has 0 saturated heterocycles. The highest BCUT2D eigenvalue weighted by Gasteiger charge is 2.59. The van der Waals surface area contributed by atoms with Crippen LogP contribution in [0.15, 0.2) is 0 Å². The predicted octanol–water partition coefficient (Wildman–Crippen LogP) is 1.85. The fourth-order valence-corrected chi connectivity index (χ4v) is 5.43. The van der Waals surface area contributed by atoms with Crippen molar-refractivity contribution in [2.75, 3.05) is 0 Å². The van der Waals surface area contributed by atoms with Gasteiger partial charge in [-0.1, -0.05) is 13.3 Å². The molecule has 0 spiro atoms. The van der Waals surface area contributed by atoms with E-state index in [1.54, 1.807) is 0 Å². The van der Waals surface area contributed by atoms with E-state index >= 15 is 0 Å². The zero-order chi connectivity index (χ0) is 13.7. The molecule has 4 atom stereocenters. The summed E-state index contributed by atoms with van der Waals surface area (Å²) >= 11 is 4.75. The van der Waals surface area contributed by atoms with Gasteiger partial charge in [-0.15, -0.1) is 0 Å². The van der Waals surface area contributed by atoms with Gasteiger partial charge in [-0.05, 0) is 68.0 Å². The molecule has 4 rings (SSSR count). The van der Waals surface area contributed by atoms with Crippen molar-refractivity contribution in [3.8, 4) is 0 Å². The van der Waals surface area contributed by atoms with Crippen LogP contribution in [0.5, 0.6) is 0 Å². The molecule has 2 unspecified atom stereocenters. The summed E-state index contributed by atoms with van der Waals surface area (Å²) in [6.07, 6.45) is 8.35. The van der Waals surface area contributed by atoms with E-state index in [2.05, 4.69) is 17.8 Å². The highest BCUT2D eigenvalue weighted by atomic mass is 32.1. The van der Waals surface area contributed by atoms with Crippen LogP contribution in [0.1, 0.15) is 51.9 Å². The van der Waals surface area contributed by atoms with E-state index in [9.17, 15) is 4.79 Å². The lowest BCUT2D eigenvalue weighted by Crippen LogP contribution is -2.59. The molecule has 4 bridgehead atoms. The van der Waals surface area contributed by atoms with Crippen LogP contribution in [0, 0.1) is 22.7 Å². The van der Waals surface area contributed by atoms with Crippen LogP contribution in [-0.2, 0) is 4.79 Å². The molecule has 0 aliphatic heterocycles. The van der Waals surface area contributed by atoms with E-state index in [4.69, 9.17) is 18.0 Å². The molecule has 4 saturated carbocycles. The van der Waals surface area contributed by atoms with E-state index < -0.39 is 0 Å². The van der Waals surface area contributed by atoms with E-state index in [1.165, 1.54) is 25.7 Å². The molecular formula is C14H23N3OS. The largest absolute Gasteiger partial charge is 0.375 e. The summed E-state index contributed by atoms with van der Waals surface area (Å²) in [6.45, 7) is 2.28. The molecule has 4 N–H and O–H groups in total. The Kier molecular flexibility index (Phi) is 3.00. The van der Waals surface area contributed by atoms with Gasteiger partial charge in [0.2, 0.25) is 5.91 Å². The van der Waals surface area contributed by atoms with Gasteiger partial charge in [0.1, 0.15) is 0 Å². The van der Waals surface area contributed by atoms with Crippen molar-refractivity contribution in [3.05, 3.63) is 0 Å². The van der Waals surface area contributed by atoms with Gasteiger partial charge >= 0.3 is 0 Å². The standard InChI is InChI=1S/C14H23N3OS/c1-2-13-4-9-3-10(5-13)7-14(6-9,8-13)11(18)16-17-12(15)19/h9-10H,2-8H2,1H3,(H,16,18)(H3,15,17,19)/t9-,10+,13?,14?. The number of amides is 1. The number of hydrogen-bond acceptors (Lipinski definition) is 2. The Hall–Kier alpha value is -0.840. The average molecular weight is 281 g/mol. The lowest BCUT2D eigenvalue weighted by Gasteiger charge is -2.61. The lowest BCUT2D eigenvalue weighted by atomic mass is 9.43. The minimum atomic E-state index is -0.169. The maximum absolute atomic E-state index is 12.6. The zero-order valence-electron chi connectivity index (χ0n) is 11.5. The Labute approximate surface area is 119 Å². The van der Waals surface area contributed by atoms with Crippen molar-refractivity contribution in [2.24, 2.45) is 28.4 Å². The molecule has 19 heavy (non-hydrogen) atoms. The van der Waals surface area contributed by atoms with Crippen molar-refractivity contribution in [2.45, 2.75) is 51.9 Å². The van der Waals surface area contributed by atoms with Gasteiger partial charge in [0.25, 0.3) is 0 Å². The Morgan fingerprint density at radius 1 is 1.26 bits per heavy atom. The van der Waals surface area contributed by atoms with Crippen LogP contribution in [0.3, 0.4) is 0 Å². The van der Waals surface area contributed by atoms with E-state index in [-0.39, 0.29) is 16.4 Å². The number of carbonyl (C=O) groups excluding carboxylic acids is 1. The molecule has 0 aromatic heterocycles. The first-order valence-corrected chi connectivity index (χ1v) is 7.74. The van der Waals surface area contributed by atoms with Crippen molar-refractivity contribution in [1.29, 1.82) is 0 Å². The fraction of sp³-hybridized carbons (Fsp3) is 0.857. The van der Waals surface area contributed by atoms with Crippen LogP contribution in [-0.4, -0.2) is 11.0 Å². The normalized spacial score (nSPS) is 43.0. The van der Waals surface area contributed by atoms with Crippen LogP contribution in [0.25, 0.3) is 0 Å². The zero-order valence-corrected chi connectivity index (χ0v) is 12.3. The first kappa shape index (κ1) is 13.2. The maximum atomic E-state index is 12.6. The monoisotopic (exact) mass is 281 g/mol. The van der Waals surface area contributed by atoms with Crippen LogP contribution in [0.2, 0.25) is 0 Å². The molecule has 4 aliphatic carbocycles. The number of nitrogens with one attached hydrogen (secondary N) is 2. The van der Waals surface area contributed by atoms with Gasteiger partial charge in [-0.3, -0.25) is 15.6 Å². The predicted molar refractivity (Wildman–Crippen MR) is 77.9 cm³/mol. The number of rotatable bonds is 2. The van der Waals surface area contributed by atoms with Gasteiger partial charge < -0.3 is 5.73 Å². The Morgan fingerprint density at radius 3 is 2.42 bits per heavy atom.